The van der Waals surface area contributed by atoms with Gasteiger partial charge in [0.2, 0.25) is 15.9 Å². The number of likely N-dealkylation sites (tertiary alicyclic amines) is 1. The van der Waals surface area contributed by atoms with Crippen molar-refractivity contribution in [2.45, 2.75) is 30.7 Å². The number of furan rings is 1. The second kappa shape index (κ2) is 8.03. The first-order valence-corrected chi connectivity index (χ1v) is 10.1. The fraction of sp³-hybridized carbons (Fsp3) is 0.389. The van der Waals surface area contributed by atoms with Gasteiger partial charge in [0.1, 0.15) is 5.76 Å². The van der Waals surface area contributed by atoms with E-state index >= 15 is 0 Å². The van der Waals surface area contributed by atoms with Gasteiger partial charge >= 0.3 is 0 Å². The molecule has 1 unspecified atom stereocenters. The number of nitrogens with zero attached hydrogens (tertiary/aromatic N) is 1. The first kappa shape index (κ1) is 18.6. The van der Waals surface area contributed by atoms with E-state index in [1.165, 1.54) is 19.1 Å². The van der Waals surface area contributed by atoms with E-state index < -0.39 is 10.0 Å². The van der Waals surface area contributed by atoms with Gasteiger partial charge in [-0.05, 0) is 62.3 Å². The molecule has 0 saturated carbocycles. The summed E-state index contributed by atoms with van der Waals surface area (Å²) in [6.45, 7) is 3.50. The van der Waals surface area contributed by atoms with Crippen LogP contribution in [0, 0.1) is 0 Å². The van der Waals surface area contributed by atoms with Crippen LogP contribution < -0.4 is 10.0 Å². The standard InChI is InChI=1S/C18H23N3O4S/c1-14(22)20-15-6-8-16(9-7-15)26(23,24)19-13-17(18-5-4-12-25-18)21-10-2-3-11-21/h4-9,12,17,19H,2-3,10-11,13H2,1H3,(H,20,22). The van der Waals surface area contributed by atoms with Crippen LogP contribution in [0.3, 0.4) is 0 Å². The van der Waals surface area contributed by atoms with E-state index in [9.17, 15) is 13.2 Å². The minimum atomic E-state index is -3.65. The van der Waals surface area contributed by atoms with E-state index in [1.807, 2.05) is 12.1 Å². The van der Waals surface area contributed by atoms with Crippen molar-refractivity contribution < 1.29 is 17.6 Å². The maximum atomic E-state index is 12.6. The van der Waals surface area contributed by atoms with Crippen molar-refractivity contribution in [1.29, 1.82) is 0 Å². The minimum Gasteiger partial charge on any atom is -0.468 e. The lowest BCUT2D eigenvalue weighted by Gasteiger charge is -2.26. The first-order valence-electron chi connectivity index (χ1n) is 8.60. The predicted octanol–water partition coefficient (Wildman–Crippen LogP) is 2.35. The number of hydrogen-bond donors (Lipinski definition) is 2. The summed E-state index contributed by atoms with van der Waals surface area (Å²) in [5.74, 6) is 0.557. The molecule has 1 aliphatic heterocycles. The van der Waals surface area contributed by atoms with Gasteiger partial charge in [0, 0.05) is 19.2 Å². The van der Waals surface area contributed by atoms with Crippen molar-refractivity contribution in [3.63, 3.8) is 0 Å². The van der Waals surface area contributed by atoms with Gasteiger partial charge in [-0.1, -0.05) is 0 Å². The van der Waals surface area contributed by atoms with E-state index in [1.54, 1.807) is 18.4 Å². The van der Waals surface area contributed by atoms with Gasteiger partial charge in [-0.25, -0.2) is 13.1 Å². The molecule has 0 aliphatic carbocycles. The van der Waals surface area contributed by atoms with Crippen LogP contribution in [-0.4, -0.2) is 38.9 Å². The SMILES string of the molecule is CC(=O)Nc1ccc(S(=O)(=O)NCC(c2ccco2)N2CCCC2)cc1. The Morgan fingerprint density at radius 3 is 2.46 bits per heavy atom. The Hall–Kier alpha value is -2.16. The number of amides is 1. The Labute approximate surface area is 153 Å². The number of benzene rings is 1. The average Bonchev–Trinajstić information content (AvgIpc) is 3.29. The highest BCUT2D eigenvalue weighted by atomic mass is 32.2. The molecule has 0 bridgehead atoms. The van der Waals surface area contributed by atoms with Gasteiger partial charge in [0.15, 0.2) is 0 Å². The van der Waals surface area contributed by atoms with Gasteiger partial charge in [0.25, 0.3) is 0 Å². The highest BCUT2D eigenvalue weighted by Gasteiger charge is 2.27. The van der Waals surface area contributed by atoms with Crippen molar-refractivity contribution in [1.82, 2.24) is 9.62 Å². The molecule has 1 fully saturated rings. The Morgan fingerprint density at radius 2 is 1.88 bits per heavy atom. The van der Waals surface area contributed by atoms with Crippen LogP contribution in [-0.2, 0) is 14.8 Å². The van der Waals surface area contributed by atoms with Gasteiger partial charge in [0.05, 0.1) is 17.2 Å². The summed E-state index contributed by atoms with van der Waals surface area (Å²) < 4.78 is 33.4. The highest BCUT2D eigenvalue weighted by Crippen LogP contribution is 2.25. The normalized spacial score (nSPS) is 16.5. The van der Waals surface area contributed by atoms with Gasteiger partial charge in [-0.15, -0.1) is 0 Å². The molecule has 1 amide bonds. The molecule has 0 radical (unpaired) electrons. The third-order valence-electron chi connectivity index (χ3n) is 4.40. The summed E-state index contributed by atoms with van der Waals surface area (Å²) in [5, 5.41) is 2.62. The number of nitrogens with one attached hydrogen (secondary N) is 2. The summed E-state index contributed by atoms with van der Waals surface area (Å²) in [5.41, 5.74) is 0.557. The molecule has 1 aromatic heterocycles. The van der Waals surface area contributed by atoms with Crippen molar-refractivity contribution in [3.8, 4) is 0 Å². The Kier molecular flexibility index (Phi) is 5.75. The van der Waals surface area contributed by atoms with Gasteiger partial charge < -0.3 is 9.73 Å². The van der Waals surface area contributed by atoms with E-state index in [0.29, 0.717) is 5.69 Å². The van der Waals surface area contributed by atoms with Crippen LogP contribution in [0.25, 0.3) is 0 Å². The maximum absolute atomic E-state index is 12.6. The molecule has 2 N–H and O–H groups in total. The summed E-state index contributed by atoms with van der Waals surface area (Å²) in [6, 6.07) is 9.66. The molecule has 140 valence electrons. The molecule has 2 heterocycles. The lowest BCUT2D eigenvalue weighted by Crippen LogP contribution is -2.36. The molecule has 3 rings (SSSR count). The van der Waals surface area contributed by atoms with Crippen molar-refractivity contribution >= 4 is 21.6 Å². The number of hydrogen-bond acceptors (Lipinski definition) is 5. The maximum Gasteiger partial charge on any atom is 0.240 e. The number of sulfonamides is 1. The molecule has 1 aromatic carbocycles. The zero-order valence-corrected chi connectivity index (χ0v) is 15.5. The number of carbonyl (C=O) groups excluding carboxylic acids is 1. The Balaban J connectivity index is 1.70. The first-order chi connectivity index (χ1) is 12.5. The summed E-state index contributed by atoms with van der Waals surface area (Å²) in [6.07, 6.45) is 3.82. The lowest BCUT2D eigenvalue weighted by atomic mass is 10.2. The van der Waals surface area contributed by atoms with Crippen molar-refractivity contribution in [2.24, 2.45) is 0 Å². The van der Waals surface area contributed by atoms with E-state index in [4.69, 9.17) is 4.42 Å². The zero-order chi connectivity index (χ0) is 18.6. The molecular weight excluding hydrogens is 354 g/mol. The molecule has 1 aliphatic rings. The molecule has 0 spiro atoms. The second-order valence-corrected chi connectivity index (χ2v) is 8.10. The van der Waals surface area contributed by atoms with E-state index in [-0.39, 0.29) is 23.4 Å². The lowest BCUT2D eigenvalue weighted by molar-refractivity contribution is -0.114. The minimum absolute atomic E-state index is 0.124. The summed E-state index contributed by atoms with van der Waals surface area (Å²) in [7, 11) is -3.65. The number of carbonyl (C=O) groups is 1. The van der Waals surface area contributed by atoms with Gasteiger partial charge in [-0.2, -0.15) is 0 Å². The van der Waals surface area contributed by atoms with Crippen molar-refractivity contribution in [2.75, 3.05) is 25.0 Å². The number of anilines is 1. The summed E-state index contributed by atoms with van der Waals surface area (Å²) >= 11 is 0. The zero-order valence-electron chi connectivity index (χ0n) is 14.6. The molecule has 1 atom stereocenters. The molecular formula is C18H23N3O4S. The molecule has 8 heteroatoms. The fourth-order valence-electron chi connectivity index (χ4n) is 3.14. The molecule has 26 heavy (non-hydrogen) atoms. The summed E-state index contributed by atoms with van der Waals surface area (Å²) in [4.78, 5) is 13.5. The largest absolute Gasteiger partial charge is 0.468 e. The van der Waals surface area contributed by atoms with Crippen LogP contribution in [0.15, 0.2) is 52.0 Å². The smallest absolute Gasteiger partial charge is 0.240 e. The number of rotatable bonds is 7. The fourth-order valence-corrected chi connectivity index (χ4v) is 4.17. The molecule has 7 nitrogen and oxygen atoms in total. The molecule has 1 saturated heterocycles. The van der Waals surface area contributed by atoms with E-state index in [0.717, 1.165) is 31.7 Å². The third kappa shape index (κ3) is 4.51. The highest BCUT2D eigenvalue weighted by molar-refractivity contribution is 7.89. The monoisotopic (exact) mass is 377 g/mol. The molecule has 2 aromatic rings. The quantitative estimate of drug-likeness (QED) is 0.773. The van der Waals surface area contributed by atoms with Crippen LogP contribution in [0.5, 0.6) is 0 Å². The van der Waals surface area contributed by atoms with Crippen LogP contribution in [0.4, 0.5) is 5.69 Å². The van der Waals surface area contributed by atoms with Gasteiger partial charge in [-0.3, -0.25) is 9.69 Å². The predicted molar refractivity (Wildman–Crippen MR) is 98.2 cm³/mol. The van der Waals surface area contributed by atoms with E-state index in [2.05, 4.69) is 14.9 Å². The second-order valence-electron chi connectivity index (χ2n) is 6.33. The van der Waals surface area contributed by atoms with Crippen LogP contribution >= 0.6 is 0 Å². The topological polar surface area (TPSA) is 91.6 Å². The Bertz CT molecular complexity index is 826. The van der Waals surface area contributed by atoms with Crippen LogP contribution in [0.1, 0.15) is 31.6 Å². The Morgan fingerprint density at radius 1 is 1.19 bits per heavy atom. The third-order valence-corrected chi connectivity index (χ3v) is 5.84. The van der Waals surface area contributed by atoms with Crippen molar-refractivity contribution in [3.05, 3.63) is 48.4 Å². The van der Waals surface area contributed by atoms with Crippen LogP contribution in [0.2, 0.25) is 0 Å². The average molecular weight is 377 g/mol.